The van der Waals surface area contributed by atoms with Crippen LogP contribution in [0.5, 0.6) is 11.5 Å². The van der Waals surface area contributed by atoms with E-state index < -0.39 is 0 Å². The van der Waals surface area contributed by atoms with Crippen LogP contribution in [0.4, 0.5) is 0 Å². The average Bonchev–Trinajstić information content (AvgIpc) is 2.83. The topological polar surface area (TPSA) is 18.5 Å². The van der Waals surface area contributed by atoms with Crippen molar-refractivity contribution in [3.05, 3.63) is 43.5 Å². The van der Waals surface area contributed by atoms with Gasteiger partial charge in [0.25, 0.3) is 0 Å². The Hall–Kier alpha value is -0.230. The summed E-state index contributed by atoms with van der Waals surface area (Å²) in [6.45, 7) is 0. The second-order valence-electron chi connectivity index (χ2n) is 3.72. The predicted octanol–water partition coefficient (Wildman–Crippen LogP) is 5.67. The van der Waals surface area contributed by atoms with Crippen LogP contribution in [0, 0.1) is 0 Å². The first kappa shape index (κ1) is 15.2. The Labute approximate surface area is 137 Å². The van der Waals surface area contributed by atoms with E-state index >= 15 is 0 Å². The number of rotatable bonds is 4. The molecule has 0 bridgehead atoms. The third-order valence-electron chi connectivity index (χ3n) is 2.65. The first-order chi connectivity index (χ1) is 9.08. The maximum Gasteiger partial charge on any atom is 0.161 e. The number of benzene rings is 1. The summed E-state index contributed by atoms with van der Waals surface area (Å²) < 4.78 is 11.5. The van der Waals surface area contributed by atoms with Gasteiger partial charge in [-0.25, -0.2) is 0 Å². The van der Waals surface area contributed by atoms with Gasteiger partial charge in [0, 0.05) is 9.35 Å². The molecule has 1 unspecified atom stereocenters. The highest BCUT2D eigenvalue weighted by atomic mass is 79.9. The molecule has 0 N–H and O–H groups in total. The fourth-order valence-corrected chi connectivity index (χ4v) is 4.79. The van der Waals surface area contributed by atoms with Crippen LogP contribution >= 0.6 is 54.8 Å². The number of hydrogen-bond acceptors (Lipinski definition) is 3. The van der Waals surface area contributed by atoms with Crippen LogP contribution in [0.1, 0.15) is 15.3 Å². The van der Waals surface area contributed by atoms with E-state index in [2.05, 4.69) is 31.9 Å². The number of halogens is 3. The van der Waals surface area contributed by atoms with E-state index in [1.807, 2.05) is 23.6 Å². The van der Waals surface area contributed by atoms with Gasteiger partial charge in [0.1, 0.15) is 0 Å². The van der Waals surface area contributed by atoms with Crippen molar-refractivity contribution in [2.75, 3.05) is 14.2 Å². The highest BCUT2D eigenvalue weighted by Crippen LogP contribution is 2.44. The van der Waals surface area contributed by atoms with Gasteiger partial charge in [-0.2, -0.15) is 0 Å². The van der Waals surface area contributed by atoms with Gasteiger partial charge in [0.05, 0.1) is 24.1 Å². The molecule has 102 valence electrons. The van der Waals surface area contributed by atoms with Crippen molar-refractivity contribution in [2.45, 2.75) is 4.83 Å². The van der Waals surface area contributed by atoms with Crippen LogP contribution < -0.4 is 9.47 Å². The van der Waals surface area contributed by atoms with Crippen LogP contribution in [0.15, 0.2) is 28.1 Å². The lowest BCUT2D eigenvalue weighted by Crippen LogP contribution is -1.97. The van der Waals surface area contributed by atoms with Gasteiger partial charge in [-0.15, -0.1) is 11.3 Å². The van der Waals surface area contributed by atoms with Gasteiger partial charge in [-0.3, -0.25) is 0 Å². The molecule has 1 heterocycles. The minimum absolute atomic E-state index is 0.00850. The van der Waals surface area contributed by atoms with Crippen LogP contribution in [0.2, 0.25) is 5.02 Å². The van der Waals surface area contributed by atoms with Gasteiger partial charge in [0.15, 0.2) is 11.5 Å². The lowest BCUT2D eigenvalue weighted by Gasteiger charge is -2.15. The zero-order valence-electron chi connectivity index (χ0n) is 10.2. The minimum atomic E-state index is 0.00850. The summed E-state index contributed by atoms with van der Waals surface area (Å²) in [7, 11) is 3.24. The molecule has 2 rings (SSSR count). The molecule has 0 aliphatic carbocycles. The number of thiophene rings is 1. The quantitative estimate of drug-likeness (QED) is 0.587. The molecule has 1 atom stereocenters. The number of hydrogen-bond donors (Lipinski definition) is 0. The Morgan fingerprint density at radius 3 is 2.37 bits per heavy atom. The second kappa shape index (κ2) is 6.48. The van der Waals surface area contributed by atoms with Crippen molar-refractivity contribution in [1.82, 2.24) is 0 Å². The van der Waals surface area contributed by atoms with E-state index in [0.29, 0.717) is 11.5 Å². The summed E-state index contributed by atoms with van der Waals surface area (Å²) in [6, 6.07) is 5.73. The zero-order chi connectivity index (χ0) is 14.0. The Balaban J connectivity index is 2.48. The lowest BCUT2D eigenvalue weighted by molar-refractivity contribution is 0.354. The molecule has 0 fully saturated rings. The summed E-state index contributed by atoms with van der Waals surface area (Å²) in [5.74, 6) is 1.38. The van der Waals surface area contributed by atoms with Gasteiger partial charge in [-0.05, 0) is 29.1 Å². The molecule has 6 heteroatoms. The first-order valence-corrected chi connectivity index (χ1v) is 8.33. The molecule has 2 aromatic rings. The van der Waals surface area contributed by atoms with E-state index in [9.17, 15) is 0 Å². The van der Waals surface area contributed by atoms with Crippen molar-refractivity contribution in [2.24, 2.45) is 0 Å². The van der Waals surface area contributed by atoms with Crippen molar-refractivity contribution in [1.29, 1.82) is 0 Å². The number of alkyl halides is 1. The lowest BCUT2D eigenvalue weighted by atomic mass is 10.1. The maximum absolute atomic E-state index is 6.18. The Morgan fingerprint density at radius 2 is 1.84 bits per heavy atom. The van der Waals surface area contributed by atoms with Gasteiger partial charge < -0.3 is 9.47 Å². The van der Waals surface area contributed by atoms with Crippen LogP contribution in [-0.4, -0.2) is 14.2 Å². The third-order valence-corrected chi connectivity index (χ3v) is 6.02. The van der Waals surface area contributed by atoms with E-state index in [1.54, 1.807) is 25.6 Å². The van der Waals surface area contributed by atoms with Gasteiger partial charge in [-0.1, -0.05) is 43.5 Å². The summed E-state index contributed by atoms with van der Waals surface area (Å²) in [6.07, 6.45) is 0. The summed E-state index contributed by atoms with van der Waals surface area (Å²) in [5.41, 5.74) is 1.04. The fraction of sp³-hybridized carbons (Fsp3) is 0.231. The highest BCUT2D eigenvalue weighted by molar-refractivity contribution is 9.11. The molecular weight excluding hydrogens is 415 g/mol. The first-order valence-electron chi connectivity index (χ1n) is 5.36. The molecule has 1 aromatic heterocycles. The standard InChI is InChI=1S/C13H11Br2ClO2S/c1-17-10-5-7(8(14)6-11(10)18-2)12(15)13-9(16)3-4-19-13/h3-6,12H,1-2H3. The normalized spacial score (nSPS) is 12.3. The van der Waals surface area contributed by atoms with Crippen LogP contribution in [0.25, 0.3) is 0 Å². The molecule has 0 spiro atoms. The molecular formula is C13H11Br2ClO2S. The second-order valence-corrected chi connectivity index (χ2v) is 6.85. The minimum Gasteiger partial charge on any atom is -0.493 e. The zero-order valence-corrected chi connectivity index (χ0v) is 15.0. The van der Waals surface area contributed by atoms with E-state index in [4.69, 9.17) is 21.1 Å². The molecule has 0 amide bonds. The average molecular weight is 427 g/mol. The summed E-state index contributed by atoms with van der Waals surface area (Å²) in [4.78, 5) is 1.07. The molecule has 0 aliphatic rings. The van der Waals surface area contributed by atoms with Gasteiger partial charge in [0.2, 0.25) is 0 Å². The molecule has 0 saturated heterocycles. The van der Waals surface area contributed by atoms with Crippen molar-refractivity contribution in [3.8, 4) is 11.5 Å². The third kappa shape index (κ3) is 3.10. The molecule has 2 nitrogen and oxygen atoms in total. The highest BCUT2D eigenvalue weighted by Gasteiger charge is 2.20. The molecule has 0 aliphatic heterocycles. The van der Waals surface area contributed by atoms with Crippen molar-refractivity contribution >= 4 is 54.8 Å². The fourth-order valence-electron chi connectivity index (χ4n) is 1.69. The van der Waals surface area contributed by atoms with E-state index in [0.717, 1.165) is 19.9 Å². The Bertz CT molecular complexity index is 586. The number of methoxy groups -OCH3 is 2. The van der Waals surface area contributed by atoms with Crippen LogP contribution in [-0.2, 0) is 0 Å². The SMILES string of the molecule is COc1cc(Br)c(C(Br)c2sccc2Cl)cc1OC. The van der Waals surface area contributed by atoms with Crippen molar-refractivity contribution < 1.29 is 9.47 Å². The van der Waals surface area contributed by atoms with Gasteiger partial charge >= 0.3 is 0 Å². The smallest absolute Gasteiger partial charge is 0.161 e. The largest absolute Gasteiger partial charge is 0.493 e. The maximum atomic E-state index is 6.18. The van der Waals surface area contributed by atoms with Crippen molar-refractivity contribution in [3.63, 3.8) is 0 Å². The predicted molar refractivity (Wildman–Crippen MR) is 87.3 cm³/mol. The molecule has 0 saturated carbocycles. The van der Waals surface area contributed by atoms with Crippen LogP contribution in [0.3, 0.4) is 0 Å². The molecule has 1 aromatic carbocycles. The summed E-state index contributed by atoms with van der Waals surface area (Å²) >= 11 is 15.0. The van der Waals surface area contributed by atoms with E-state index in [-0.39, 0.29) is 4.83 Å². The van der Waals surface area contributed by atoms with E-state index in [1.165, 1.54) is 0 Å². The monoisotopic (exact) mass is 424 g/mol. The molecule has 0 radical (unpaired) electrons. The number of ether oxygens (including phenoxy) is 2. The molecule has 19 heavy (non-hydrogen) atoms. The summed E-state index contributed by atoms with van der Waals surface area (Å²) in [5, 5.41) is 2.73. The Kier molecular flexibility index (Phi) is 5.17. The Morgan fingerprint density at radius 1 is 1.21 bits per heavy atom.